The second kappa shape index (κ2) is 7.07. The van der Waals surface area contributed by atoms with Gasteiger partial charge in [0.1, 0.15) is 4.88 Å². The van der Waals surface area contributed by atoms with Crippen LogP contribution >= 0.6 is 11.3 Å². The molecule has 0 aliphatic carbocycles. The van der Waals surface area contributed by atoms with E-state index < -0.39 is 0 Å². The fraction of sp³-hybridized carbons (Fsp3) is 0.500. The number of hydrogen-bond donors (Lipinski definition) is 1. The lowest BCUT2D eigenvalue weighted by atomic mass is 10.0. The summed E-state index contributed by atoms with van der Waals surface area (Å²) in [6.07, 6.45) is 6.32. The van der Waals surface area contributed by atoms with E-state index in [1.54, 1.807) is 12.5 Å². The van der Waals surface area contributed by atoms with Gasteiger partial charge >= 0.3 is 0 Å². The van der Waals surface area contributed by atoms with Gasteiger partial charge in [-0.3, -0.25) is 4.79 Å². The van der Waals surface area contributed by atoms with Crippen molar-refractivity contribution in [3.8, 4) is 10.8 Å². The molecule has 0 saturated carbocycles. The molecule has 2 aromatic heterocycles. The van der Waals surface area contributed by atoms with Crippen LogP contribution < -0.4 is 5.32 Å². The Morgan fingerprint density at radius 3 is 3.00 bits per heavy atom. The summed E-state index contributed by atoms with van der Waals surface area (Å²) in [5, 5.41) is 4.11. The molecule has 0 aromatic carbocycles. The van der Waals surface area contributed by atoms with E-state index in [-0.39, 0.29) is 5.91 Å². The molecule has 1 N–H and O–H groups in total. The zero-order chi connectivity index (χ0) is 15.4. The second-order valence-corrected chi connectivity index (χ2v) is 6.52. The van der Waals surface area contributed by atoms with Gasteiger partial charge in [-0.2, -0.15) is 0 Å². The SMILES string of the molecule is CCCN(C(=O)c1cnc(-c2ccco2)s1)C1CCNCC1. The zero-order valence-electron chi connectivity index (χ0n) is 12.7. The molecule has 0 atom stereocenters. The molecule has 6 heteroatoms. The van der Waals surface area contributed by atoms with Gasteiger partial charge < -0.3 is 14.6 Å². The lowest BCUT2D eigenvalue weighted by molar-refractivity contribution is 0.0647. The normalized spacial score (nSPS) is 15.9. The number of carbonyl (C=O) groups excluding carboxylic acids is 1. The first-order chi connectivity index (χ1) is 10.8. The number of aromatic nitrogens is 1. The number of nitrogens with zero attached hydrogens (tertiary/aromatic N) is 2. The van der Waals surface area contributed by atoms with Crippen molar-refractivity contribution in [1.29, 1.82) is 0 Å². The molecular formula is C16H21N3O2S. The minimum absolute atomic E-state index is 0.101. The third-order valence-corrected chi connectivity index (χ3v) is 4.92. The van der Waals surface area contributed by atoms with E-state index in [9.17, 15) is 4.79 Å². The number of thiazole rings is 1. The molecule has 0 bridgehead atoms. The number of rotatable bonds is 5. The molecule has 3 rings (SSSR count). The smallest absolute Gasteiger partial charge is 0.265 e. The Balaban J connectivity index is 1.77. The lowest BCUT2D eigenvalue weighted by Gasteiger charge is -2.34. The molecule has 1 fully saturated rings. The van der Waals surface area contributed by atoms with Crippen molar-refractivity contribution in [1.82, 2.24) is 15.2 Å². The van der Waals surface area contributed by atoms with Crippen LogP contribution in [0.25, 0.3) is 10.8 Å². The number of piperidine rings is 1. The van der Waals surface area contributed by atoms with Gasteiger partial charge in [0.2, 0.25) is 0 Å². The standard InChI is InChI=1S/C16H21N3O2S/c1-2-9-19(12-5-7-17-8-6-12)16(20)14-11-18-15(22-14)13-4-3-10-21-13/h3-4,10-12,17H,2,5-9H2,1H3. The number of amides is 1. The van der Waals surface area contributed by atoms with E-state index in [0.717, 1.165) is 43.9 Å². The van der Waals surface area contributed by atoms with Crippen LogP contribution in [0.4, 0.5) is 0 Å². The third-order valence-electron chi connectivity index (χ3n) is 3.92. The van der Waals surface area contributed by atoms with Crippen LogP contribution in [0.1, 0.15) is 35.9 Å². The zero-order valence-corrected chi connectivity index (χ0v) is 13.6. The van der Waals surface area contributed by atoms with Gasteiger partial charge in [-0.15, -0.1) is 11.3 Å². The predicted molar refractivity (Wildman–Crippen MR) is 87.0 cm³/mol. The van der Waals surface area contributed by atoms with Crippen molar-refractivity contribution in [2.45, 2.75) is 32.2 Å². The number of carbonyl (C=O) groups is 1. The van der Waals surface area contributed by atoms with E-state index in [1.165, 1.54) is 11.3 Å². The first kappa shape index (κ1) is 15.2. The molecule has 2 aromatic rings. The summed E-state index contributed by atoms with van der Waals surface area (Å²) < 4.78 is 5.35. The van der Waals surface area contributed by atoms with E-state index in [1.807, 2.05) is 17.0 Å². The van der Waals surface area contributed by atoms with Gasteiger partial charge in [0.05, 0.1) is 12.5 Å². The Labute approximate surface area is 134 Å². The second-order valence-electron chi connectivity index (χ2n) is 5.49. The van der Waals surface area contributed by atoms with Crippen molar-refractivity contribution in [2.75, 3.05) is 19.6 Å². The molecule has 1 aliphatic heterocycles. The molecular weight excluding hydrogens is 298 g/mol. The summed E-state index contributed by atoms with van der Waals surface area (Å²) in [6, 6.07) is 4.03. The molecule has 3 heterocycles. The summed E-state index contributed by atoms with van der Waals surface area (Å²) in [6.45, 7) is 4.89. The van der Waals surface area contributed by atoms with Crippen molar-refractivity contribution in [3.63, 3.8) is 0 Å². The molecule has 1 amide bonds. The average molecular weight is 319 g/mol. The largest absolute Gasteiger partial charge is 0.462 e. The van der Waals surface area contributed by atoms with Gasteiger partial charge in [0, 0.05) is 12.6 Å². The maximum Gasteiger partial charge on any atom is 0.265 e. The number of furan rings is 1. The van der Waals surface area contributed by atoms with Crippen LogP contribution in [-0.2, 0) is 0 Å². The summed E-state index contributed by atoms with van der Waals surface area (Å²) in [5.74, 6) is 0.817. The van der Waals surface area contributed by atoms with Gasteiger partial charge in [-0.25, -0.2) is 4.98 Å². The van der Waals surface area contributed by atoms with Crippen molar-refractivity contribution < 1.29 is 9.21 Å². The summed E-state index contributed by atoms with van der Waals surface area (Å²) in [7, 11) is 0. The highest BCUT2D eigenvalue weighted by Gasteiger charge is 2.27. The predicted octanol–water partition coefficient (Wildman–Crippen LogP) is 3.01. The van der Waals surface area contributed by atoms with Crippen LogP contribution in [0.15, 0.2) is 29.0 Å². The highest BCUT2D eigenvalue weighted by Crippen LogP contribution is 2.27. The number of nitrogens with one attached hydrogen (secondary N) is 1. The van der Waals surface area contributed by atoms with Crippen molar-refractivity contribution in [3.05, 3.63) is 29.5 Å². The highest BCUT2D eigenvalue weighted by atomic mass is 32.1. The van der Waals surface area contributed by atoms with Crippen molar-refractivity contribution in [2.24, 2.45) is 0 Å². The Morgan fingerprint density at radius 1 is 1.50 bits per heavy atom. The van der Waals surface area contributed by atoms with Crippen LogP contribution in [0.3, 0.4) is 0 Å². The highest BCUT2D eigenvalue weighted by molar-refractivity contribution is 7.16. The van der Waals surface area contributed by atoms with E-state index in [0.29, 0.717) is 16.7 Å². The summed E-state index contributed by atoms with van der Waals surface area (Å²) >= 11 is 1.41. The molecule has 0 spiro atoms. The number of hydrogen-bond acceptors (Lipinski definition) is 5. The fourth-order valence-electron chi connectivity index (χ4n) is 2.84. The van der Waals surface area contributed by atoms with Gasteiger partial charge in [-0.1, -0.05) is 6.92 Å². The van der Waals surface area contributed by atoms with Gasteiger partial charge in [-0.05, 0) is 44.5 Å². The van der Waals surface area contributed by atoms with Crippen LogP contribution in [0.5, 0.6) is 0 Å². The molecule has 22 heavy (non-hydrogen) atoms. The van der Waals surface area contributed by atoms with E-state index in [2.05, 4.69) is 17.2 Å². The molecule has 1 saturated heterocycles. The summed E-state index contributed by atoms with van der Waals surface area (Å²) in [5.41, 5.74) is 0. The quantitative estimate of drug-likeness (QED) is 0.920. The molecule has 5 nitrogen and oxygen atoms in total. The van der Waals surface area contributed by atoms with Crippen LogP contribution in [0.2, 0.25) is 0 Å². The van der Waals surface area contributed by atoms with E-state index >= 15 is 0 Å². The first-order valence-electron chi connectivity index (χ1n) is 7.81. The third kappa shape index (κ3) is 3.23. The van der Waals surface area contributed by atoms with Gasteiger partial charge in [0.25, 0.3) is 5.91 Å². The molecule has 118 valence electrons. The topological polar surface area (TPSA) is 58.4 Å². The minimum atomic E-state index is 0.101. The summed E-state index contributed by atoms with van der Waals surface area (Å²) in [4.78, 5) is 19.9. The minimum Gasteiger partial charge on any atom is -0.462 e. The maximum atomic E-state index is 12.9. The van der Waals surface area contributed by atoms with Gasteiger partial charge in [0.15, 0.2) is 10.8 Å². The molecule has 1 aliphatic rings. The van der Waals surface area contributed by atoms with Crippen LogP contribution in [0, 0.1) is 0 Å². The Kier molecular flexibility index (Phi) is 4.90. The van der Waals surface area contributed by atoms with Crippen molar-refractivity contribution >= 4 is 17.2 Å². The van der Waals surface area contributed by atoms with Crippen LogP contribution in [-0.4, -0.2) is 41.5 Å². The Hall–Kier alpha value is -1.66. The average Bonchev–Trinajstić information content (AvgIpc) is 3.23. The molecule has 0 unspecified atom stereocenters. The Bertz CT molecular complexity index is 603. The maximum absolute atomic E-state index is 12.9. The van der Waals surface area contributed by atoms with E-state index in [4.69, 9.17) is 4.42 Å². The first-order valence-corrected chi connectivity index (χ1v) is 8.62. The monoisotopic (exact) mass is 319 g/mol. The molecule has 0 radical (unpaired) electrons. The fourth-order valence-corrected chi connectivity index (χ4v) is 3.68. The lowest BCUT2D eigenvalue weighted by Crippen LogP contribution is -2.46. The Morgan fingerprint density at radius 2 is 2.32 bits per heavy atom.